The number of nitriles is 1. The number of amides is 1. The fraction of sp³-hybridized carbons (Fsp3) is 0.333. The molecule has 0 spiro atoms. The summed E-state index contributed by atoms with van der Waals surface area (Å²) in [6.07, 6.45) is 0.334. The molecule has 0 radical (unpaired) electrons. The van der Waals surface area contributed by atoms with E-state index in [0.29, 0.717) is 22.4 Å². The van der Waals surface area contributed by atoms with Crippen molar-refractivity contribution in [3.05, 3.63) is 24.3 Å². The molecule has 1 N–H and O–H groups in total. The molecule has 1 aromatic carbocycles. The molecule has 7 nitrogen and oxygen atoms in total. The van der Waals surface area contributed by atoms with Gasteiger partial charge in [-0.05, 0) is 12.1 Å². The zero-order chi connectivity index (χ0) is 17.4. The van der Waals surface area contributed by atoms with Crippen LogP contribution >= 0.6 is 23.1 Å². The predicted octanol–water partition coefficient (Wildman–Crippen LogP) is 2.75. The number of hydrogen-bond donors (Lipinski definition) is 1. The van der Waals surface area contributed by atoms with Crippen molar-refractivity contribution in [1.29, 1.82) is 5.26 Å². The summed E-state index contributed by atoms with van der Waals surface area (Å²) in [6.45, 7) is 0.439. The molecule has 1 aromatic heterocycles. The smallest absolute Gasteiger partial charge is 0.232 e. The third kappa shape index (κ3) is 5.40. The van der Waals surface area contributed by atoms with Crippen LogP contribution in [-0.2, 0) is 4.79 Å². The second-order valence-corrected chi connectivity index (χ2v) is 6.94. The molecule has 126 valence electrons. The van der Waals surface area contributed by atoms with Crippen LogP contribution in [-0.4, -0.2) is 47.5 Å². The summed E-state index contributed by atoms with van der Waals surface area (Å²) < 4.78 is 5.88. The van der Waals surface area contributed by atoms with Gasteiger partial charge in [0.25, 0.3) is 0 Å². The van der Waals surface area contributed by atoms with E-state index in [1.54, 1.807) is 19.1 Å². The highest BCUT2D eigenvalue weighted by Crippen LogP contribution is 2.28. The number of carbonyl (C=O) groups excluding carboxylic acids is 1. The van der Waals surface area contributed by atoms with Gasteiger partial charge in [-0.3, -0.25) is 4.79 Å². The van der Waals surface area contributed by atoms with Gasteiger partial charge >= 0.3 is 0 Å². The van der Waals surface area contributed by atoms with E-state index in [-0.39, 0.29) is 11.7 Å². The number of benzene rings is 1. The molecule has 0 aliphatic heterocycles. The maximum Gasteiger partial charge on any atom is 0.232 e. The van der Waals surface area contributed by atoms with Crippen LogP contribution in [0.5, 0.6) is 5.75 Å². The summed E-state index contributed by atoms with van der Waals surface area (Å²) in [6, 6.07) is 9.54. The first-order valence-corrected chi connectivity index (χ1v) is 8.91. The van der Waals surface area contributed by atoms with Crippen molar-refractivity contribution >= 4 is 39.8 Å². The lowest BCUT2D eigenvalue weighted by molar-refractivity contribution is -0.127. The normalized spacial score (nSPS) is 10.0. The molecule has 24 heavy (non-hydrogen) atoms. The molecule has 1 amide bonds. The molecule has 0 aliphatic rings. The third-order valence-electron chi connectivity index (χ3n) is 3.03. The minimum absolute atomic E-state index is 0.0345. The van der Waals surface area contributed by atoms with Crippen molar-refractivity contribution in [2.24, 2.45) is 0 Å². The number of nitrogens with one attached hydrogen (secondary N) is 1. The molecule has 0 saturated carbocycles. The van der Waals surface area contributed by atoms with Gasteiger partial charge in [0, 0.05) is 25.3 Å². The molecule has 0 bridgehead atoms. The second-order valence-electron chi connectivity index (χ2n) is 4.74. The Kier molecular flexibility index (Phi) is 6.84. The standard InChI is InChI=1S/C15H17N5O2S2/c1-20(8-4-7-16)13(21)10-23-15-19-18-14(24-15)17-11-5-3-6-12(9-11)22-2/h3,5-6,9H,4,8,10H2,1-2H3,(H,17,18). The third-order valence-corrected chi connectivity index (χ3v) is 4.99. The summed E-state index contributed by atoms with van der Waals surface area (Å²) in [5.74, 6) is 0.994. The van der Waals surface area contributed by atoms with E-state index in [2.05, 4.69) is 15.5 Å². The van der Waals surface area contributed by atoms with Crippen LogP contribution in [0.1, 0.15) is 6.42 Å². The first-order valence-electron chi connectivity index (χ1n) is 7.10. The van der Waals surface area contributed by atoms with Crippen LogP contribution < -0.4 is 10.1 Å². The average Bonchev–Trinajstić information content (AvgIpc) is 3.05. The summed E-state index contributed by atoms with van der Waals surface area (Å²) in [5.41, 5.74) is 0.856. The van der Waals surface area contributed by atoms with Crippen molar-refractivity contribution in [2.75, 3.05) is 31.8 Å². The number of methoxy groups -OCH3 is 1. The quantitative estimate of drug-likeness (QED) is 0.721. The topological polar surface area (TPSA) is 91.1 Å². The lowest BCUT2D eigenvalue weighted by Gasteiger charge is -2.14. The summed E-state index contributed by atoms with van der Waals surface area (Å²) in [7, 11) is 3.31. The first kappa shape index (κ1) is 18.0. The molecule has 0 saturated heterocycles. The van der Waals surface area contributed by atoms with Crippen LogP contribution in [0.3, 0.4) is 0 Å². The molecule has 0 atom stereocenters. The summed E-state index contributed by atoms with van der Waals surface area (Å²) in [4.78, 5) is 13.5. The number of ether oxygens (including phenoxy) is 1. The lowest BCUT2D eigenvalue weighted by atomic mass is 10.3. The largest absolute Gasteiger partial charge is 0.497 e. The Morgan fingerprint density at radius 1 is 1.50 bits per heavy atom. The van der Waals surface area contributed by atoms with Crippen LogP contribution in [0.25, 0.3) is 0 Å². The maximum atomic E-state index is 11.9. The molecular formula is C15H17N5O2S2. The molecule has 2 rings (SSSR count). The van der Waals surface area contributed by atoms with E-state index < -0.39 is 0 Å². The van der Waals surface area contributed by atoms with Gasteiger partial charge in [0.2, 0.25) is 11.0 Å². The average molecular weight is 363 g/mol. The predicted molar refractivity (Wildman–Crippen MR) is 94.8 cm³/mol. The highest BCUT2D eigenvalue weighted by atomic mass is 32.2. The van der Waals surface area contributed by atoms with Crippen molar-refractivity contribution < 1.29 is 9.53 Å². The number of anilines is 2. The second kappa shape index (κ2) is 9.10. The Hall–Kier alpha value is -2.31. The van der Waals surface area contributed by atoms with E-state index in [1.165, 1.54) is 23.1 Å². The minimum atomic E-state index is -0.0345. The van der Waals surface area contributed by atoms with Crippen LogP contribution in [0, 0.1) is 11.3 Å². The van der Waals surface area contributed by atoms with Gasteiger partial charge < -0.3 is 15.0 Å². The fourth-order valence-electron chi connectivity index (χ4n) is 1.72. The van der Waals surface area contributed by atoms with E-state index >= 15 is 0 Å². The lowest BCUT2D eigenvalue weighted by Crippen LogP contribution is -2.29. The van der Waals surface area contributed by atoms with E-state index in [1.807, 2.05) is 30.3 Å². The molecule has 0 aliphatic carbocycles. The fourth-order valence-corrected chi connectivity index (χ4v) is 3.43. The van der Waals surface area contributed by atoms with Gasteiger partial charge in [-0.25, -0.2) is 0 Å². The van der Waals surface area contributed by atoms with Gasteiger partial charge in [-0.15, -0.1) is 10.2 Å². The number of hydrogen-bond acceptors (Lipinski definition) is 8. The minimum Gasteiger partial charge on any atom is -0.497 e. The molecule has 1 heterocycles. The van der Waals surface area contributed by atoms with Crippen LogP contribution in [0.4, 0.5) is 10.8 Å². The highest BCUT2D eigenvalue weighted by Gasteiger charge is 2.12. The van der Waals surface area contributed by atoms with Crippen molar-refractivity contribution in [3.63, 3.8) is 0 Å². The Bertz CT molecular complexity index is 729. The van der Waals surface area contributed by atoms with E-state index in [0.717, 1.165) is 11.4 Å². The highest BCUT2D eigenvalue weighted by molar-refractivity contribution is 8.01. The number of thioether (sulfide) groups is 1. The zero-order valence-electron chi connectivity index (χ0n) is 13.4. The Morgan fingerprint density at radius 2 is 2.33 bits per heavy atom. The molecule has 2 aromatic rings. The van der Waals surface area contributed by atoms with E-state index in [9.17, 15) is 4.79 Å². The number of rotatable bonds is 8. The van der Waals surface area contributed by atoms with Gasteiger partial charge in [0.1, 0.15) is 5.75 Å². The van der Waals surface area contributed by atoms with Gasteiger partial charge in [-0.2, -0.15) is 5.26 Å². The number of nitrogens with zero attached hydrogens (tertiary/aromatic N) is 4. The molecule has 0 fully saturated rings. The monoisotopic (exact) mass is 363 g/mol. The van der Waals surface area contributed by atoms with Crippen LogP contribution in [0.2, 0.25) is 0 Å². The van der Waals surface area contributed by atoms with Gasteiger partial charge in [0.05, 0.1) is 25.4 Å². The van der Waals surface area contributed by atoms with Gasteiger partial charge in [0.15, 0.2) is 4.34 Å². The maximum absolute atomic E-state index is 11.9. The SMILES string of the molecule is COc1cccc(Nc2nnc(SCC(=O)N(C)CCC#N)s2)c1. The number of carbonyl (C=O) groups is 1. The zero-order valence-corrected chi connectivity index (χ0v) is 15.0. The summed E-state index contributed by atoms with van der Waals surface area (Å²) >= 11 is 2.71. The van der Waals surface area contributed by atoms with Gasteiger partial charge in [-0.1, -0.05) is 29.2 Å². The first-order chi connectivity index (χ1) is 11.6. The molecule has 0 unspecified atom stereocenters. The Morgan fingerprint density at radius 3 is 3.08 bits per heavy atom. The number of aromatic nitrogens is 2. The van der Waals surface area contributed by atoms with Crippen molar-refractivity contribution in [3.8, 4) is 11.8 Å². The van der Waals surface area contributed by atoms with Crippen molar-refractivity contribution in [1.82, 2.24) is 15.1 Å². The Balaban J connectivity index is 1.86. The van der Waals surface area contributed by atoms with Crippen molar-refractivity contribution in [2.45, 2.75) is 10.8 Å². The molecule has 9 heteroatoms. The van der Waals surface area contributed by atoms with Crippen LogP contribution in [0.15, 0.2) is 28.6 Å². The molecular weight excluding hydrogens is 346 g/mol. The Labute approximate surface area is 148 Å². The van der Waals surface area contributed by atoms with E-state index in [4.69, 9.17) is 10.00 Å². The summed E-state index contributed by atoms with van der Waals surface area (Å²) in [5, 5.41) is 20.5.